The lowest BCUT2D eigenvalue weighted by Gasteiger charge is -2.14. The normalized spacial score (nSPS) is 19.7. The monoisotopic (exact) mass is 385 g/mol. The number of nitrogens with zero attached hydrogens (tertiary/aromatic N) is 2. The molecular weight excluding hydrogens is 366 g/mol. The molecule has 1 aromatic heterocycles. The number of aryl methyl sites for hydroxylation is 1. The number of methoxy groups -OCH3 is 1. The molecule has 10 heteroatoms. The summed E-state index contributed by atoms with van der Waals surface area (Å²) in [5.41, 5.74) is 0.608. The van der Waals surface area contributed by atoms with Gasteiger partial charge in [0.15, 0.2) is 9.84 Å². The molecule has 0 spiro atoms. The lowest BCUT2D eigenvalue weighted by molar-refractivity contribution is 0.414. The van der Waals surface area contributed by atoms with E-state index in [1.807, 2.05) is 0 Å². The van der Waals surface area contributed by atoms with E-state index in [0.29, 0.717) is 17.9 Å². The van der Waals surface area contributed by atoms with Crippen molar-refractivity contribution in [1.29, 1.82) is 0 Å². The second-order valence-electron chi connectivity index (χ2n) is 5.95. The molecule has 1 aliphatic heterocycles. The molecule has 1 atom stereocenters. The maximum absolute atomic E-state index is 12.6. The number of ether oxygens (including phenoxy) is 1. The van der Waals surface area contributed by atoms with Crippen LogP contribution in [0.2, 0.25) is 0 Å². The number of hydrogen-bond donors (Lipinski definition) is 1. The van der Waals surface area contributed by atoms with Gasteiger partial charge < -0.3 is 4.74 Å². The molecule has 0 bridgehead atoms. The van der Waals surface area contributed by atoms with Crippen molar-refractivity contribution in [2.45, 2.75) is 24.3 Å². The number of aromatic nitrogens is 2. The van der Waals surface area contributed by atoms with Crippen molar-refractivity contribution >= 4 is 25.7 Å². The quantitative estimate of drug-likeness (QED) is 0.833. The minimum atomic E-state index is -3.82. The van der Waals surface area contributed by atoms with Crippen LogP contribution in [0.1, 0.15) is 18.2 Å². The van der Waals surface area contributed by atoms with Crippen LogP contribution in [0.15, 0.2) is 35.2 Å². The third-order valence-corrected chi connectivity index (χ3v) is 7.14. The predicted molar refractivity (Wildman–Crippen MR) is 93.1 cm³/mol. The SMILES string of the molecule is COc1ccc(S(=O)(=O)Nc2cc(C)nn2[C@H]2CCS(=O)(=O)C2)cc1. The molecule has 25 heavy (non-hydrogen) atoms. The van der Waals surface area contributed by atoms with Crippen molar-refractivity contribution in [2.75, 3.05) is 23.3 Å². The highest BCUT2D eigenvalue weighted by Crippen LogP contribution is 2.28. The summed E-state index contributed by atoms with van der Waals surface area (Å²) in [4.78, 5) is 0.0812. The Kier molecular flexibility index (Phi) is 4.50. The molecule has 1 aromatic carbocycles. The van der Waals surface area contributed by atoms with Crippen LogP contribution < -0.4 is 9.46 Å². The Hall–Kier alpha value is -2.07. The first-order chi connectivity index (χ1) is 11.7. The molecule has 136 valence electrons. The Bertz CT molecular complexity index is 979. The van der Waals surface area contributed by atoms with Crippen molar-refractivity contribution in [2.24, 2.45) is 0 Å². The van der Waals surface area contributed by atoms with Crippen molar-refractivity contribution in [3.63, 3.8) is 0 Å². The van der Waals surface area contributed by atoms with Crippen molar-refractivity contribution in [3.05, 3.63) is 36.0 Å². The second-order valence-corrected chi connectivity index (χ2v) is 9.86. The summed E-state index contributed by atoms with van der Waals surface area (Å²) in [5.74, 6) is 0.860. The van der Waals surface area contributed by atoms with Crippen LogP contribution in [0.25, 0.3) is 0 Å². The van der Waals surface area contributed by atoms with Gasteiger partial charge in [-0.2, -0.15) is 5.10 Å². The molecule has 1 aliphatic rings. The minimum Gasteiger partial charge on any atom is -0.497 e. The number of sulfonamides is 1. The number of anilines is 1. The average molecular weight is 385 g/mol. The van der Waals surface area contributed by atoms with Gasteiger partial charge in [0.25, 0.3) is 10.0 Å². The zero-order valence-electron chi connectivity index (χ0n) is 13.8. The third kappa shape index (κ3) is 3.79. The highest BCUT2D eigenvalue weighted by molar-refractivity contribution is 7.92. The van der Waals surface area contributed by atoms with Gasteiger partial charge in [0.2, 0.25) is 0 Å². The maximum Gasteiger partial charge on any atom is 0.263 e. The molecule has 1 saturated heterocycles. The number of benzene rings is 1. The number of nitrogens with one attached hydrogen (secondary N) is 1. The topological polar surface area (TPSA) is 107 Å². The van der Waals surface area contributed by atoms with Crippen molar-refractivity contribution < 1.29 is 21.6 Å². The Balaban J connectivity index is 1.89. The molecule has 0 unspecified atom stereocenters. The van der Waals surface area contributed by atoms with Gasteiger partial charge >= 0.3 is 0 Å². The summed E-state index contributed by atoms with van der Waals surface area (Å²) in [6.07, 6.45) is 0.417. The fourth-order valence-electron chi connectivity index (χ4n) is 2.79. The first-order valence-corrected chi connectivity index (χ1v) is 10.9. The smallest absolute Gasteiger partial charge is 0.263 e. The number of sulfone groups is 1. The van der Waals surface area contributed by atoms with Gasteiger partial charge in [0.05, 0.1) is 35.2 Å². The molecule has 0 radical (unpaired) electrons. The largest absolute Gasteiger partial charge is 0.497 e. The lowest BCUT2D eigenvalue weighted by Crippen LogP contribution is -2.20. The second kappa shape index (κ2) is 6.34. The van der Waals surface area contributed by atoms with E-state index in [-0.39, 0.29) is 28.3 Å². The van der Waals surface area contributed by atoms with Crippen LogP contribution in [-0.4, -0.2) is 45.2 Å². The van der Waals surface area contributed by atoms with E-state index in [2.05, 4.69) is 9.82 Å². The molecule has 1 fully saturated rings. The summed E-state index contributed by atoms with van der Waals surface area (Å²) in [6.45, 7) is 1.73. The van der Waals surface area contributed by atoms with Crippen LogP contribution in [-0.2, 0) is 19.9 Å². The Morgan fingerprint density at radius 2 is 1.96 bits per heavy atom. The van der Waals surface area contributed by atoms with Crippen molar-refractivity contribution in [1.82, 2.24) is 9.78 Å². The van der Waals surface area contributed by atoms with Gasteiger partial charge in [-0.1, -0.05) is 0 Å². The molecule has 2 heterocycles. The molecule has 3 rings (SSSR count). The predicted octanol–water partition coefficient (Wildman–Crippen LogP) is 1.36. The Morgan fingerprint density at radius 1 is 1.28 bits per heavy atom. The zero-order chi connectivity index (χ0) is 18.2. The molecule has 8 nitrogen and oxygen atoms in total. The van der Waals surface area contributed by atoms with E-state index in [1.165, 1.54) is 23.9 Å². The van der Waals surface area contributed by atoms with E-state index in [4.69, 9.17) is 4.74 Å². The standard InChI is InChI=1S/C15H19N3O5S2/c1-11-9-15(18(16-11)12-7-8-24(19,20)10-12)17-25(21,22)14-5-3-13(23-2)4-6-14/h3-6,9,12,17H,7-8,10H2,1-2H3/t12-/m0/s1. The van der Waals surface area contributed by atoms with Gasteiger partial charge in [-0.05, 0) is 37.6 Å². The molecule has 2 aromatic rings. The number of rotatable bonds is 5. The van der Waals surface area contributed by atoms with Gasteiger partial charge in [0, 0.05) is 6.07 Å². The molecule has 0 saturated carbocycles. The lowest BCUT2D eigenvalue weighted by atomic mass is 10.3. The first kappa shape index (κ1) is 17.7. The molecule has 0 amide bonds. The summed E-state index contributed by atoms with van der Waals surface area (Å²) >= 11 is 0. The Morgan fingerprint density at radius 3 is 2.52 bits per heavy atom. The van der Waals surface area contributed by atoms with Gasteiger partial charge in [-0.15, -0.1) is 0 Å². The van der Waals surface area contributed by atoms with Crippen LogP contribution in [0.5, 0.6) is 5.75 Å². The minimum absolute atomic E-state index is 0.0363. The van der Waals surface area contributed by atoms with Gasteiger partial charge in [0.1, 0.15) is 11.6 Å². The Labute approximate surface area is 146 Å². The average Bonchev–Trinajstić information content (AvgIpc) is 3.08. The highest BCUT2D eigenvalue weighted by Gasteiger charge is 2.32. The van der Waals surface area contributed by atoms with Crippen LogP contribution in [0.3, 0.4) is 0 Å². The molecule has 1 N–H and O–H groups in total. The fraction of sp³-hybridized carbons (Fsp3) is 0.400. The summed E-state index contributed by atoms with van der Waals surface area (Å²) in [5, 5.41) is 4.27. The fourth-order valence-corrected chi connectivity index (χ4v) is 5.52. The van der Waals surface area contributed by atoms with Gasteiger partial charge in [-0.3, -0.25) is 4.72 Å². The molecule has 0 aliphatic carbocycles. The van der Waals surface area contributed by atoms with E-state index < -0.39 is 19.9 Å². The van der Waals surface area contributed by atoms with E-state index >= 15 is 0 Å². The highest BCUT2D eigenvalue weighted by atomic mass is 32.2. The van der Waals surface area contributed by atoms with Crippen molar-refractivity contribution in [3.8, 4) is 5.75 Å². The summed E-state index contributed by atoms with van der Waals surface area (Å²) < 4.78 is 57.6. The summed E-state index contributed by atoms with van der Waals surface area (Å²) in [6, 6.07) is 7.21. The maximum atomic E-state index is 12.6. The first-order valence-electron chi connectivity index (χ1n) is 7.64. The molecular formula is C15H19N3O5S2. The van der Waals surface area contributed by atoms with Crippen LogP contribution in [0, 0.1) is 6.92 Å². The van der Waals surface area contributed by atoms with Gasteiger partial charge in [-0.25, -0.2) is 21.5 Å². The zero-order valence-corrected chi connectivity index (χ0v) is 15.5. The van der Waals surface area contributed by atoms with E-state index in [1.54, 1.807) is 25.1 Å². The van der Waals surface area contributed by atoms with Crippen LogP contribution in [0.4, 0.5) is 5.82 Å². The summed E-state index contributed by atoms with van der Waals surface area (Å²) in [7, 11) is -5.43. The van der Waals surface area contributed by atoms with E-state index in [0.717, 1.165) is 0 Å². The van der Waals surface area contributed by atoms with Crippen LogP contribution >= 0.6 is 0 Å². The van der Waals surface area contributed by atoms with E-state index in [9.17, 15) is 16.8 Å². The number of hydrogen-bond acceptors (Lipinski definition) is 6. The third-order valence-electron chi connectivity index (χ3n) is 4.02.